The highest BCUT2D eigenvalue weighted by Gasteiger charge is 2.08. The first-order chi connectivity index (χ1) is 8.74. The van der Waals surface area contributed by atoms with Crippen molar-refractivity contribution in [2.24, 2.45) is 0 Å². The van der Waals surface area contributed by atoms with Crippen LogP contribution in [-0.2, 0) is 0 Å². The van der Waals surface area contributed by atoms with Crippen LogP contribution < -0.4 is 10.1 Å². The number of methoxy groups -OCH3 is 1. The van der Waals surface area contributed by atoms with E-state index in [2.05, 4.69) is 15.3 Å². The second-order valence-electron chi connectivity index (χ2n) is 3.40. The zero-order chi connectivity index (χ0) is 13.0. The van der Waals surface area contributed by atoms with E-state index in [1.54, 1.807) is 7.11 Å². The van der Waals surface area contributed by atoms with Gasteiger partial charge in [-0.05, 0) is 30.5 Å². The molecular formula is C12H12ClN3OS. The first-order valence-corrected chi connectivity index (χ1v) is 6.80. The summed E-state index contributed by atoms with van der Waals surface area (Å²) in [6.07, 6.45) is 3.41. The van der Waals surface area contributed by atoms with Gasteiger partial charge in [-0.1, -0.05) is 11.6 Å². The molecule has 0 fully saturated rings. The van der Waals surface area contributed by atoms with Crippen molar-refractivity contribution in [3.63, 3.8) is 0 Å². The van der Waals surface area contributed by atoms with Crippen molar-refractivity contribution in [2.45, 2.75) is 5.03 Å². The maximum atomic E-state index is 6.18. The first-order valence-electron chi connectivity index (χ1n) is 5.20. The van der Waals surface area contributed by atoms with E-state index in [1.165, 1.54) is 18.1 Å². The Morgan fingerprint density at radius 1 is 1.22 bits per heavy atom. The number of rotatable bonds is 4. The highest BCUT2D eigenvalue weighted by Crippen LogP contribution is 2.30. The molecule has 0 aliphatic heterocycles. The smallest absolute Gasteiger partial charge is 0.153 e. The van der Waals surface area contributed by atoms with Crippen LogP contribution >= 0.6 is 23.4 Å². The van der Waals surface area contributed by atoms with E-state index >= 15 is 0 Å². The van der Waals surface area contributed by atoms with Crippen LogP contribution in [-0.4, -0.2) is 23.3 Å². The Hall–Kier alpha value is -1.46. The first kappa shape index (κ1) is 13.0. The lowest BCUT2D eigenvalue weighted by molar-refractivity contribution is 0.415. The maximum absolute atomic E-state index is 6.18. The summed E-state index contributed by atoms with van der Waals surface area (Å²) in [4.78, 5) is 8.21. The SMILES string of the molecule is COc1ccc(Nc2ncnc(SC)c2Cl)cc1. The maximum Gasteiger partial charge on any atom is 0.153 e. The summed E-state index contributed by atoms with van der Waals surface area (Å²) in [6, 6.07) is 7.53. The van der Waals surface area contributed by atoms with Gasteiger partial charge in [0, 0.05) is 5.69 Å². The Morgan fingerprint density at radius 2 is 1.94 bits per heavy atom. The van der Waals surface area contributed by atoms with E-state index < -0.39 is 0 Å². The third kappa shape index (κ3) is 2.86. The number of ether oxygens (including phenoxy) is 1. The monoisotopic (exact) mass is 281 g/mol. The number of anilines is 2. The normalized spacial score (nSPS) is 10.2. The average Bonchev–Trinajstić information content (AvgIpc) is 2.42. The zero-order valence-electron chi connectivity index (χ0n) is 9.98. The lowest BCUT2D eigenvalue weighted by Crippen LogP contribution is -1.97. The highest BCUT2D eigenvalue weighted by atomic mass is 35.5. The third-order valence-electron chi connectivity index (χ3n) is 2.30. The lowest BCUT2D eigenvalue weighted by atomic mass is 10.3. The Bertz CT molecular complexity index is 533. The van der Waals surface area contributed by atoms with E-state index in [-0.39, 0.29) is 0 Å². The predicted octanol–water partition coefficient (Wildman–Crippen LogP) is 3.60. The van der Waals surface area contributed by atoms with Gasteiger partial charge < -0.3 is 10.1 Å². The molecule has 4 nitrogen and oxygen atoms in total. The molecule has 18 heavy (non-hydrogen) atoms. The van der Waals surface area contributed by atoms with Crippen LogP contribution in [0.15, 0.2) is 35.6 Å². The molecule has 1 aromatic heterocycles. The van der Waals surface area contributed by atoms with Crippen molar-refractivity contribution in [3.05, 3.63) is 35.6 Å². The van der Waals surface area contributed by atoms with E-state index in [0.29, 0.717) is 10.8 Å². The summed E-state index contributed by atoms with van der Waals surface area (Å²) in [5.74, 6) is 1.40. The van der Waals surface area contributed by atoms with Gasteiger partial charge >= 0.3 is 0 Å². The van der Waals surface area contributed by atoms with Crippen LogP contribution in [0.4, 0.5) is 11.5 Å². The molecule has 2 rings (SSSR count). The number of nitrogens with zero attached hydrogens (tertiary/aromatic N) is 2. The Balaban J connectivity index is 2.22. The molecule has 6 heteroatoms. The van der Waals surface area contributed by atoms with Crippen molar-refractivity contribution < 1.29 is 4.74 Å². The molecule has 0 aliphatic rings. The summed E-state index contributed by atoms with van der Waals surface area (Å²) < 4.78 is 5.10. The molecule has 0 saturated heterocycles. The number of thioether (sulfide) groups is 1. The number of halogens is 1. The van der Waals surface area contributed by atoms with Crippen LogP contribution in [0.1, 0.15) is 0 Å². The van der Waals surface area contributed by atoms with E-state index in [0.717, 1.165) is 16.5 Å². The van der Waals surface area contributed by atoms with Crippen molar-refractivity contribution in [3.8, 4) is 5.75 Å². The van der Waals surface area contributed by atoms with E-state index in [4.69, 9.17) is 16.3 Å². The quantitative estimate of drug-likeness (QED) is 0.685. The fraction of sp³-hybridized carbons (Fsp3) is 0.167. The molecular weight excluding hydrogens is 270 g/mol. The molecule has 0 spiro atoms. The van der Waals surface area contributed by atoms with Gasteiger partial charge in [-0.3, -0.25) is 0 Å². The van der Waals surface area contributed by atoms with Crippen LogP contribution in [0.25, 0.3) is 0 Å². The molecule has 1 heterocycles. The fourth-order valence-electron chi connectivity index (χ4n) is 1.39. The third-order valence-corrected chi connectivity index (χ3v) is 3.47. The molecule has 0 atom stereocenters. The Morgan fingerprint density at radius 3 is 2.56 bits per heavy atom. The minimum Gasteiger partial charge on any atom is -0.497 e. The molecule has 1 aromatic carbocycles. The molecule has 0 saturated carbocycles. The average molecular weight is 282 g/mol. The molecule has 0 bridgehead atoms. The number of aromatic nitrogens is 2. The summed E-state index contributed by atoms with van der Waals surface area (Å²) in [5.41, 5.74) is 0.892. The van der Waals surface area contributed by atoms with Gasteiger partial charge in [0.05, 0.1) is 7.11 Å². The van der Waals surface area contributed by atoms with Gasteiger partial charge in [0.2, 0.25) is 0 Å². The number of hydrogen-bond donors (Lipinski definition) is 1. The van der Waals surface area contributed by atoms with Crippen molar-refractivity contribution in [2.75, 3.05) is 18.7 Å². The number of nitrogens with one attached hydrogen (secondary N) is 1. The van der Waals surface area contributed by atoms with Crippen LogP contribution in [0.3, 0.4) is 0 Å². The molecule has 1 N–H and O–H groups in total. The van der Waals surface area contributed by atoms with Gasteiger partial charge in [-0.2, -0.15) is 0 Å². The van der Waals surface area contributed by atoms with Gasteiger partial charge in [0.25, 0.3) is 0 Å². The van der Waals surface area contributed by atoms with Gasteiger partial charge in [-0.25, -0.2) is 9.97 Å². The summed E-state index contributed by atoms with van der Waals surface area (Å²) in [6.45, 7) is 0. The van der Waals surface area contributed by atoms with Crippen LogP contribution in [0.5, 0.6) is 5.75 Å². The Kier molecular flexibility index (Phi) is 4.28. The molecule has 0 unspecified atom stereocenters. The van der Waals surface area contributed by atoms with Gasteiger partial charge in [-0.15, -0.1) is 11.8 Å². The van der Waals surface area contributed by atoms with Gasteiger partial charge in [0.1, 0.15) is 22.1 Å². The van der Waals surface area contributed by atoms with Crippen molar-refractivity contribution in [1.29, 1.82) is 0 Å². The number of hydrogen-bond acceptors (Lipinski definition) is 5. The van der Waals surface area contributed by atoms with E-state index in [1.807, 2.05) is 30.5 Å². The minimum absolute atomic E-state index is 0.529. The van der Waals surface area contributed by atoms with Crippen LogP contribution in [0.2, 0.25) is 5.02 Å². The lowest BCUT2D eigenvalue weighted by Gasteiger charge is -2.09. The molecule has 2 aromatic rings. The summed E-state index contributed by atoms with van der Waals surface area (Å²) in [7, 11) is 1.63. The summed E-state index contributed by atoms with van der Waals surface area (Å²) in [5, 5.41) is 4.43. The van der Waals surface area contributed by atoms with Crippen LogP contribution in [0, 0.1) is 0 Å². The molecule has 0 amide bonds. The van der Waals surface area contributed by atoms with Crippen molar-refractivity contribution >= 4 is 34.9 Å². The minimum atomic E-state index is 0.529. The Labute approximate surface area is 115 Å². The molecule has 0 radical (unpaired) electrons. The molecule has 0 aliphatic carbocycles. The van der Waals surface area contributed by atoms with Crippen molar-refractivity contribution in [1.82, 2.24) is 9.97 Å². The fourth-order valence-corrected chi connectivity index (χ4v) is 2.20. The second kappa shape index (κ2) is 5.93. The van der Waals surface area contributed by atoms with E-state index in [9.17, 15) is 0 Å². The standard InChI is InChI=1S/C12H12ClN3OS/c1-17-9-5-3-8(4-6-9)16-11-10(13)12(18-2)15-7-14-11/h3-7H,1-2H3,(H,14,15,16). The zero-order valence-corrected chi connectivity index (χ0v) is 11.5. The largest absolute Gasteiger partial charge is 0.497 e. The topological polar surface area (TPSA) is 47.0 Å². The molecule has 94 valence electrons. The van der Waals surface area contributed by atoms with Gasteiger partial charge in [0.15, 0.2) is 5.82 Å². The second-order valence-corrected chi connectivity index (χ2v) is 4.57. The predicted molar refractivity (Wildman–Crippen MR) is 75.1 cm³/mol. The highest BCUT2D eigenvalue weighted by molar-refractivity contribution is 7.98. The summed E-state index contributed by atoms with van der Waals surface area (Å²) >= 11 is 7.67. The number of benzene rings is 1.